The molecule has 3 rings (SSSR count). The second-order valence-electron chi connectivity index (χ2n) is 7.43. The summed E-state index contributed by atoms with van der Waals surface area (Å²) in [7, 11) is 0. The monoisotopic (exact) mass is 296 g/mol. The van der Waals surface area contributed by atoms with Crippen LogP contribution >= 0.6 is 0 Å². The lowest BCUT2D eigenvalue weighted by Gasteiger charge is -2.51. The summed E-state index contributed by atoms with van der Waals surface area (Å²) in [5.74, 6) is 0.463. The first kappa shape index (κ1) is 15.3. The maximum Gasteiger partial charge on any atom is 0.311 e. The number of hydrogen-bond donors (Lipinski definition) is 0. The van der Waals surface area contributed by atoms with Crippen LogP contribution < -0.4 is 0 Å². The fraction of sp³-hybridized carbons (Fsp3) is 0.941. The van der Waals surface area contributed by atoms with E-state index in [0.29, 0.717) is 24.2 Å². The van der Waals surface area contributed by atoms with Crippen LogP contribution in [0.2, 0.25) is 0 Å². The van der Waals surface area contributed by atoms with E-state index in [1.165, 1.54) is 6.42 Å². The van der Waals surface area contributed by atoms with Crippen molar-refractivity contribution in [1.82, 2.24) is 0 Å². The summed E-state index contributed by atoms with van der Waals surface area (Å²) in [5.41, 5.74) is 0. The van der Waals surface area contributed by atoms with Crippen molar-refractivity contribution in [1.29, 1.82) is 0 Å². The van der Waals surface area contributed by atoms with Crippen LogP contribution in [0, 0.1) is 17.8 Å². The summed E-state index contributed by atoms with van der Waals surface area (Å²) >= 11 is 0. The molecule has 0 bridgehead atoms. The molecular weight excluding hydrogens is 268 g/mol. The van der Waals surface area contributed by atoms with Gasteiger partial charge in [0.1, 0.15) is 0 Å². The molecule has 0 amide bonds. The van der Waals surface area contributed by atoms with Crippen LogP contribution in [0.3, 0.4) is 0 Å². The SMILES string of the molecule is CC(C)[C@@H]1CC[C@@H](C)C[C@]12OC(=O)C[C@H]([C@H]1CCCO1)O2. The Balaban J connectivity index is 1.83. The second-order valence-corrected chi connectivity index (χ2v) is 7.43. The van der Waals surface area contributed by atoms with Crippen LogP contribution in [0.1, 0.15) is 59.3 Å². The predicted octanol–water partition coefficient (Wildman–Crippen LogP) is 3.29. The molecule has 0 N–H and O–H groups in total. The van der Waals surface area contributed by atoms with E-state index in [1.54, 1.807) is 0 Å². The summed E-state index contributed by atoms with van der Waals surface area (Å²) < 4.78 is 18.0. The smallest absolute Gasteiger partial charge is 0.311 e. The molecule has 1 aliphatic carbocycles. The minimum absolute atomic E-state index is 0.0692. The maximum atomic E-state index is 12.2. The van der Waals surface area contributed by atoms with Crippen molar-refractivity contribution in [3.05, 3.63) is 0 Å². The topological polar surface area (TPSA) is 44.8 Å². The van der Waals surface area contributed by atoms with E-state index in [-0.39, 0.29) is 18.2 Å². The van der Waals surface area contributed by atoms with E-state index < -0.39 is 5.79 Å². The molecule has 1 saturated carbocycles. The Morgan fingerprint density at radius 3 is 2.67 bits per heavy atom. The Labute approximate surface area is 127 Å². The first-order valence-corrected chi connectivity index (χ1v) is 8.51. The molecule has 5 atom stereocenters. The molecule has 21 heavy (non-hydrogen) atoms. The van der Waals surface area contributed by atoms with E-state index in [4.69, 9.17) is 14.2 Å². The van der Waals surface area contributed by atoms with Crippen molar-refractivity contribution in [3.8, 4) is 0 Å². The summed E-state index contributed by atoms with van der Waals surface area (Å²) in [6.07, 6.45) is 5.43. The third-order valence-corrected chi connectivity index (χ3v) is 5.36. The van der Waals surface area contributed by atoms with Crippen LogP contribution in [-0.2, 0) is 19.0 Å². The van der Waals surface area contributed by atoms with Gasteiger partial charge in [0, 0.05) is 18.9 Å². The van der Waals surface area contributed by atoms with Crippen LogP contribution in [0.4, 0.5) is 0 Å². The van der Waals surface area contributed by atoms with Crippen molar-refractivity contribution in [2.75, 3.05) is 6.61 Å². The number of carbonyl (C=O) groups excluding carboxylic acids is 1. The molecule has 0 aromatic carbocycles. The summed E-state index contributed by atoms with van der Waals surface area (Å²) in [5, 5.41) is 0. The molecule has 2 heterocycles. The van der Waals surface area contributed by atoms with Gasteiger partial charge in [0.05, 0.1) is 18.6 Å². The highest BCUT2D eigenvalue weighted by molar-refractivity contribution is 5.71. The van der Waals surface area contributed by atoms with Crippen LogP contribution in [0.5, 0.6) is 0 Å². The van der Waals surface area contributed by atoms with Gasteiger partial charge in [-0.15, -0.1) is 0 Å². The highest BCUT2D eigenvalue weighted by Gasteiger charge is 2.54. The fourth-order valence-corrected chi connectivity index (χ4v) is 4.34. The van der Waals surface area contributed by atoms with Gasteiger partial charge in [-0.2, -0.15) is 0 Å². The van der Waals surface area contributed by atoms with Crippen molar-refractivity contribution in [3.63, 3.8) is 0 Å². The Kier molecular flexibility index (Phi) is 4.28. The molecule has 0 unspecified atom stereocenters. The molecule has 4 heteroatoms. The van der Waals surface area contributed by atoms with Gasteiger partial charge in [0.2, 0.25) is 5.79 Å². The van der Waals surface area contributed by atoms with E-state index >= 15 is 0 Å². The van der Waals surface area contributed by atoms with Crippen LogP contribution in [0.25, 0.3) is 0 Å². The van der Waals surface area contributed by atoms with Crippen LogP contribution in [-0.4, -0.2) is 30.6 Å². The first-order valence-electron chi connectivity index (χ1n) is 8.51. The molecule has 1 spiro atoms. The summed E-state index contributed by atoms with van der Waals surface area (Å²) in [6, 6.07) is 0. The lowest BCUT2D eigenvalue weighted by Crippen LogP contribution is -2.57. The zero-order valence-corrected chi connectivity index (χ0v) is 13.5. The number of carbonyl (C=O) groups is 1. The molecular formula is C17H28O4. The molecule has 0 aromatic heterocycles. The zero-order chi connectivity index (χ0) is 15.0. The standard InChI is InChI=1S/C17H28O4/c1-11(2)13-7-6-12(3)10-17(13)20-15(9-16(18)21-17)14-5-4-8-19-14/h11-15H,4-10H2,1-3H3/t12-,13+,14-,15-,17+/m1/s1. The lowest BCUT2D eigenvalue weighted by atomic mass is 9.72. The minimum Gasteiger partial charge on any atom is -0.433 e. The van der Waals surface area contributed by atoms with Crippen molar-refractivity contribution >= 4 is 5.97 Å². The lowest BCUT2D eigenvalue weighted by molar-refractivity contribution is -0.326. The van der Waals surface area contributed by atoms with Gasteiger partial charge in [0.25, 0.3) is 0 Å². The molecule has 2 saturated heterocycles. The van der Waals surface area contributed by atoms with Gasteiger partial charge >= 0.3 is 5.97 Å². The zero-order valence-electron chi connectivity index (χ0n) is 13.5. The summed E-state index contributed by atoms with van der Waals surface area (Å²) in [6.45, 7) is 7.42. The van der Waals surface area contributed by atoms with E-state index in [9.17, 15) is 4.79 Å². The quantitative estimate of drug-likeness (QED) is 0.734. The van der Waals surface area contributed by atoms with E-state index in [1.807, 2.05) is 0 Å². The van der Waals surface area contributed by atoms with Crippen molar-refractivity contribution in [2.45, 2.75) is 77.3 Å². The number of rotatable bonds is 2. The molecule has 2 aliphatic heterocycles. The van der Waals surface area contributed by atoms with Gasteiger partial charge < -0.3 is 14.2 Å². The third-order valence-electron chi connectivity index (χ3n) is 5.36. The Morgan fingerprint density at radius 2 is 2.00 bits per heavy atom. The predicted molar refractivity (Wildman–Crippen MR) is 78.6 cm³/mol. The number of hydrogen-bond acceptors (Lipinski definition) is 4. The normalized spacial score (nSPS) is 44.3. The highest BCUT2D eigenvalue weighted by Crippen LogP contribution is 2.47. The first-order chi connectivity index (χ1) is 10.00. The average molecular weight is 296 g/mol. The molecule has 0 aromatic rings. The fourth-order valence-electron chi connectivity index (χ4n) is 4.34. The van der Waals surface area contributed by atoms with Gasteiger partial charge in [-0.1, -0.05) is 20.8 Å². The molecule has 4 nitrogen and oxygen atoms in total. The molecule has 3 fully saturated rings. The summed E-state index contributed by atoms with van der Waals surface area (Å²) in [4.78, 5) is 12.2. The van der Waals surface area contributed by atoms with Crippen molar-refractivity contribution < 1.29 is 19.0 Å². The van der Waals surface area contributed by atoms with E-state index in [2.05, 4.69) is 20.8 Å². The molecule has 3 aliphatic rings. The van der Waals surface area contributed by atoms with E-state index in [0.717, 1.165) is 32.3 Å². The molecule has 0 radical (unpaired) electrons. The van der Waals surface area contributed by atoms with Gasteiger partial charge in [0.15, 0.2) is 0 Å². The molecule has 120 valence electrons. The number of esters is 1. The Bertz CT molecular complexity index is 388. The maximum absolute atomic E-state index is 12.2. The largest absolute Gasteiger partial charge is 0.433 e. The van der Waals surface area contributed by atoms with Crippen LogP contribution in [0.15, 0.2) is 0 Å². The van der Waals surface area contributed by atoms with Gasteiger partial charge in [-0.3, -0.25) is 4.79 Å². The van der Waals surface area contributed by atoms with Crippen molar-refractivity contribution in [2.24, 2.45) is 17.8 Å². The van der Waals surface area contributed by atoms with Gasteiger partial charge in [-0.25, -0.2) is 0 Å². The Morgan fingerprint density at radius 1 is 1.19 bits per heavy atom. The second kappa shape index (κ2) is 5.88. The van der Waals surface area contributed by atoms with Gasteiger partial charge in [-0.05, 0) is 37.5 Å². The third kappa shape index (κ3) is 2.98. The Hall–Kier alpha value is -0.610. The number of ether oxygens (including phenoxy) is 3. The highest BCUT2D eigenvalue weighted by atomic mass is 16.7. The minimum atomic E-state index is -0.711. The average Bonchev–Trinajstić information content (AvgIpc) is 2.90.